The van der Waals surface area contributed by atoms with Crippen LogP contribution >= 0.6 is 22.9 Å². The Balaban J connectivity index is 1.37. The summed E-state index contributed by atoms with van der Waals surface area (Å²) < 4.78 is 26.9. The number of aromatic nitrogens is 1. The summed E-state index contributed by atoms with van der Waals surface area (Å²) in [5.74, 6) is -1.13. The molecule has 0 aliphatic heterocycles. The molecule has 12 heteroatoms. The second kappa shape index (κ2) is 14.6. The number of hydrogen-bond donors (Lipinski definition) is 3. The van der Waals surface area contributed by atoms with E-state index >= 15 is 0 Å². The van der Waals surface area contributed by atoms with Gasteiger partial charge in [0, 0.05) is 24.1 Å². The van der Waals surface area contributed by atoms with E-state index in [4.69, 9.17) is 11.6 Å². The number of nitrogens with zero attached hydrogens (tertiary/aromatic N) is 2. The van der Waals surface area contributed by atoms with Gasteiger partial charge in [-0.05, 0) is 62.4 Å². The zero-order valence-corrected chi connectivity index (χ0v) is 27.1. The van der Waals surface area contributed by atoms with Gasteiger partial charge in [-0.25, -0.2) is 22.9 Å². The molecule has 0 bridgehead atoms. The number of rotatable bonds is 11. The Morgan fingerprint density at radius 3 is 2.07 bits per heavy atom. The summed E-state index contributed by atoms with van der Waals surface area (Å²) in [4.78, 5) is 32.0. The Morgan fingerprint density at radius 2 is 1.53 bits per heavy atom. The predicted octanol–water partition coefficient (Wildman–Crippen LogP) is 7.07. The molecule has 1 saturated carbocycles. The summed E-state index contributed by atoms with van der Waals surface area (Å²) in [7, 11) is -2.24. The minimum Gasteiger partial charge on any atom is -0.481 e. The van der Waals surface area contributed by atoms with Crippen LogP contribution in [0.3, 0.4) is 0 Å². The van der Waals surface area contributed by atoms with Gasteiger partial charge in [-0.3, -0.25) is 10.1 Å². The number of halogens is 1. The molecule has 9 nitrogen and oxygen atoms in total. The Labute approximate surface area is 272 Å². The molecule has 1 fully saturated rings. The molecule has 0 radical (unpaired) electrons. The molecular weight excluding hydrogens is 632 g/mol. The van der Waals surface area contributed by atoms with Crippen molar-refractivity contribution >= 4 is 50.1 Å². The van der Waals surface area contributed by atoms with E-state index in [1.165, 1.54) is 19.2 Å². The van der Waals surface area contributed by atoms with Crippen molar-refractivity contribution in [3.8, 4) is 11.3 Å². The number of nitrogens with one attached hydrogen (secondary N) is 2. The van der Waals surface area contributed by atoms with Crippen LogP contribution in [-0.2, 0) is 14.8 Å². The highest BCUT2D eigenvalue weighted by atomic mass is 35.5. The zero-order valence-electron chi connectivity index (χ0n) is 24.7. The first-order valence-electron chi connectivity index (χ1n) is 14.8. The van der Waals surface area contributed by atoms with Crippen LogP contribution in [0.25, 0.3) is 11.3 Å². The van der Waals surface area contributed by atoms with E-state index in [1.807, 2.05) is 41.3 Å². The largest absolute Gasteiger partial charge is 0.481 e. The quantitative estimate of drug-likeness (QED) is 0.157. The van der Waals surface area contributed by atoms with Gasteiger partial charge in [0.25, 0.3) is 0 Å². The zero-order chi connectivity index (χ0) is 32.0. The molecule has 5 rings (SSSR count). The Bertz CT molecular complexity index is 1670. The second-order valence-electron chi connectivity index (χ2n) is 11.0. The van der Waals surface area contributed by atoms with Crippen molar-refractivity contribution in [2.45, 2.75) is 49.0 Å². The average Bonchev–Trinajstić information content (AvgIpc) is 3.43. The number of sulfonamides is 1. The van der Waals surface area contributed by atoms with Crippen molar-refractivity contribution < 1.29 is 23.1 Å². The van der Waals surface area contributed by atoms with E-state index in [9.17, 15) is 23.1 Å². The van der Waals surface area contributed by atoms with Crippen LogP contribution in [-0.4, -0.2) is 55.0 Å². The van der Waals surface area contributed by atoms with Crippen molar-refractivity contribution in [1.29, 1.82) is 0 Å². The van der Waals surface area contributed by atoms with Crippen molar-refractivity contribution in [3.63, 3.8) is 0 Å². The fourth-order valence-electron chi connectivity index (χ4n) is 5.86. The van der Waals surface area contributed by atoms with E-state index in [0.29, 0.717) is 59.4 Å². The third kappa shape index (κ3) is 7.91. The molecule has 3 N–H and O–H groups in total. The van der Waals surface area contributed by atoms with E-state index in [1.54, 1.807) is 12.1 Å². The highest BCUT2D eigenvalue weighted by molar-refractivity contribution is 7.89. The third-order valence-electron chi connectivity index (χ3n) is 8.32. The average molecular weight is 667 g/mol. The van der Waals surface area contributed by atoms with Gasteiger partial charge in [-0.15, -0.1) is 0 Å². The van der Waals surface area contributed by atoms with Gasteiger partial charge >= 0.3 is 12.0 Å². The summed E-state index contributed by atoms with van der Waals surface area (Å²) in [6.07, 6.45) is 2.88. The SMILES string of the molecule is CNS(=O)(=O)c1ccc(-c2nc(NC(=O)N(CCC(c3ccccc3)c3ccccc3)C3CCC(C(=O)O)CC3)sc2Cl)cc1. The number of carbonyl (C=O) groups is 2. The number of amides is 2. The van der Waals surface area contributed by atoms with Crippen molar-refractivity contribution in [2.75, 3.05) is 18.9 Å². The summed E-state index contributed by atoms with van der Waals surface area (Å²) in [5.41, 5.74) is 3.36. The molecular formula is C33H35ClN4O5S2. The summed E-state index contributed by atoms with van der Waals surface area (Å²) >= 11 is 7.66. The fraction of sp³-hybridized carbons (Fsp3) is 0.303. The predicted molar refractivity (Wildman–Crippen MR) is 177 cm³/mol. The highest BCUT2D eigenvalue weighted by Gasteiger charge is 2.32. The van der Waals surface area contributed by atoms with Crippen molar-refractivity contribution in [2.24, 2.45) is 5.92 Å². The molecule has 236 valence electrons. The number of benzene rings is 3. The normalized spacial score (nSPS) is 16.8. The first-order chi connectivity index (χ1) is 21.7. The molecule has 1 heterocycles. The lowest BCUT2D eigenvalue weighted by Crippen LogP contribution is -2.46. The van der Waals surface area contributed by atoms with Crippen LogP contribution in [0.1, 0.15) is 49.1 Å². The molecule has 1 aliphatic carbocycles. The number of hydrogen-bond acceptors (Lipinski definition) is 6. The van der Waals surface area contributed by atoms with Crippen molar-refractivity contribution in [1.82, 2.24) is 14.6 Å². The van der Waals surface area contributed by atoms with E-state index < -0.39 is 21.9 Å². The molecule has 1 aromatic heterocycles. The van der Waals surface area contributed by atoms with Gasteiger partial charge in [-0.1, -0.05) is 95.7 Å². The molecule has 45 heavy (non-hydrogen) atoms. The minimum absolute atomic E-state index is 0.0636. The first kappa shape index (κ1) is 32.6. The summed E-state index contributed by atoms with van der Waals surface area (Å²) in [5, 5.41) is 12.8. The highest BCUT2D eigenvalue weighted by Crippen LogP contribution is 2.37. The number of carboxylic acids is 1. The molecule has 1 aliphatic rings. The van der Waals surface area contributed by atoms with Crippen LogP contribution in [0.2, 0.25) is 4.34 Å². The second-order valence-corrected chi connectivity index (χ2v) is 14.5. The molecule has 0 atom stereocenters. The molecule has 0 unspecified atom stereocenters. The van der Waals surface area contributed by atoms with Crippen LogP contribution in [0.5, 0.6) is 0 Å². The number of carbonyl (C=O) groups excluding carboxylic acids is 1. The molecule has 0 saturated heterocycles. The van der Waals surface area contributed by atoms with Gasteiger partial charge in [0.05, 0.1) is 10.8 Å². The number of thiazole rings is 1. The van der Waals surface area contributed by atoms with Crippen LogP contribution in [0, 0.1) is 5.92 Å². The van der Waals surface area contributed by atoms with Crippen LogP contribution in [0.15, 0.2) is 89.8 Å². The fourth-order valence-corrected chi connectivity index (χ4v) is 7.66. The maximum Gasteiger partial charge on any atom is 0.323 e. The van der Waals surface area contributed by atoms with Gasteiger partial charge in [-0.2, -0.15) is 0 Å². The lowest BCUT2D eigenvalue weighted by atomic mass is 9.84. The lowest BCUT2D eigenvalue weighted by Gasteiger charge is -2.36. The first-order valence-corrected chi connectivity index (χ1v) is 17.4. The monoisotopic (exact) mass is 666 g/mol. The summed E-state index contributed by atoms with van der Waals surface area (Å²) in [6.45, 7) is 0.454. The summed E-state index contributed by atoms with van der Waals surface area (Å²) in [6, 6.07) is 26.2. The standard InChI is InChI=1S/C33H35ClN4O5S2/c1-35-45(42,43)27-18-14-24(15-19-27)29-30(34)44-32(36-29)37-33(41)38(26-16-12-25(13-17-26)31(39)40)21-20-28(22-8-4-2-5-9-22)23-10-6-3-7-11-23/h2-11,14-15,18-19,25-26,28,35H,12-13,16-17,20-21H2,1H3,(H,39,40)(H,36,37,41). The Kier molecular flexibility index (Phi) is 10.5. The Hall–Kier alpha value is -3.77. The molecule has 0 spiro atoms. The van der Waals surface area contributed by atoms with E-state index in [-0.39, 0.29) is 22.9 Å². The topological polar surface area (TPSA) is 129 Å². The number of carboxylic acid groups (broad SMARTS) is 1. The number of aliphatic carboxylic acids is 1. The third-order valence-corrected chi connectivity index (χ3v) is 10.9. The van der Waals surface area contributed by atoms with Gasteiger partial charge in [0.2, 0.25) is 10.0 Å². The molecule has 2 amide bonds. The number of urea groups is 1. The molecule has 3 aromatic carbocycles. The van der Waals surface area contributed by atoms with Gasteiger partial charge in [0.1, 0.15) is 10.0 Å². The Morgan fingerprint density at radius 1 is 0.956 bits per heavy atom. The minimum atomic E-state index is -3.59. The van der Waals surface area contributed by atoms with Gasteiger partial charge < -0.3 is 10.0 Å². The van der Waals surface area contributed by atoms with Crippen LogP contribution < -0.4 is 10.0 Å². The van der Waals surface area contributed by atoms with Gasteiger partial charge in [0.15, 0.2) is 5.13 Å². The number of anilines is 1. The van der Waals surface area contributed by atoms with E-state index in [0.717, 1.165) is 22.5 Å². The van der Waals surface area contributed by atoms with Crippen molar-refractivity contribution in [3.05, 3.63) is 100 Å². The maximum absolute atomic E-state index is 13.9. The molecule has 4 aromatic rings. The van der Waals surface area contributed by atoms with E-state index in [2.05, 4.69) is 39.3 Å². The maximum atomic E-state index is 13.9. The van der Waals surface area contributed by atoms with Crippen LogP contribution in [0.4, 0.5) is 9.93 Å². The smallest absolute Gasteiger partial charge is 0.323 e. The lowest BCUT2D eigenvalue weighted by molar-refractivity contribution is -0.143.